The quantitative estimate of drug-likeness (QED) is 0.818. The van der Waals surface area contributed by atoms with Crippen LogP contribution in [0.25, 0.3) is 0 Å². The van der Waals surface area contributed by atoms with Gasteiger partial charge in [0.1, 0.15) is 5.69 Å². The maximum atomic E-state index is 12.4. The van der Waals surface area contributed by atoms with E-state index in [0.717, 1.165) is 24.1 Å². The van der Waals surface area contributed by atoms with Gasteiger partial charge in [0.2, 0.25) is 5.95 Å². The Labute approximate surface area is 148 Å². The molecule has 2 N–H and O–H groups in total. The summed E-state index contributed by atoms with van der Waals surface area (Å²) in [4.78, 5) is 25.3. The SMILES string of the molecule is Cc1cc(C(=O)NCc2ccncc2)nc(NC2CCCCCC2)n1. The predicted molar refractivity (Wildman–Crippen MR) is 97.3 cm³/mol. The van der Waals surface area contributed by atoms with Gasteiger partial charge in [-0.05, 0) is 43.5 Å². The van der Waals surface area contributed by atoms with Gasteiger partial charge in [-0.3, -0.25) is 9.78 Å². The number of pyridine rings is 1. The summed E-state index contributed by atoms with van der Waals surface area (Å²) >= 11 is 0. The lowest BCUT2D eigenvalue weighted by Crippen LogP contribution is -2.26. The van der Waals surface area contributed by atoms with Crippen molar-refractivity contribution in [2.75, 3.05) is 5.32 Å². The van der Waals surface area contributed by atoms with Crippen LogP contribution >= 0.6 is 0 Å². The Hall–Kier alpha value is -2.50. The lowest BCUT2D eigenvalue weighted by molar-refractivity contribution is 0.0945. The van der Waals surface area contributed by atoms with Crippen molar-refractivity contribution in [3.05, 3.63) is 47.5 Å². The van der Waals surface area contributed by atoms with E-state index in [-0.39, 0.29) is 5.91 Å². The number of aryl methyl sites for hydroxylation is 1. The number of aromatic nitrogens is 3. The first-order valence-electron chi connectivity index (χ1n) is 9.00. The second-order valence-corrected chi connectivity index (χ2v) is 6.59. The molecule has 132 valence electrons. The monoisotopic (exact) mass is 339 g/mol. The van der Waals surface area contributed by atoms with Crippen molar-refractivity contribution in [3.8, 4) is 0 Å². The molecule has 0 aromatic carbocycles. The number of nitrogens with zero attached hydrogens (tertiary/aromatic N) is 3. The van der Waals surface area contributed by atoms with Gasteiger partial charge in [-0.25, -0.2) is 9.97 Å². The fourth-order valence-corrected chi connectivity index (χ4v) is 3.13. The molecule has 0 bridgehead atoms. The van der Waals surface area contributed by atoms with Gasteiger partial charge in [0, 0.05) is 30.7 Å². The Balaban J connectivity index is 1.64. The van der Waals surface area contributed by atoms with Crippen LogP contribution in [-0.2, 0) is 6.54 Å². The zero-order valence-corrected chi connectivity index (χ0v) is 14.7. The van der Waals surface area contributed by atoms with Crippen LogP contribution < -0.4 is 10.6 Å². The zero-order valence-electron chi connectivity index (χ0n) is 14.7. The molecule has 0 radical (unpaired) electrons. The van der Waals surface area contributed by atoms with E-state index in [0.29, 0.717) is 24.2 Å². The number of anilines is 1. The molecule has 2 aromatic rings. The van der Waals surface area contributed by atoms with Crippen LogP contribution in [0.5, 0.6) is 0 Å². The lowest BCUT2D eigenvalue weighted by Gasteiger charge is -2.17. The average molecular weight is 339 g/mol. The Kier molecular flexibility index (Phi) is 5.93. The number of hydrogen-bond donors (Lipinski definition) is 2. The van der Waals surface area contributed by atoms with Gasteiger partial charge in [0.15, 0.2) is 0 Å². The van der Waals surface area contributed by atoms with Crippen LogP contribution in [0.1, 0.15) is 60.3 Å². The summed E-state index contributed by atoms with van der Waals surface area (Å²) in [5, 5.41) is 6.32. The average Bonchev–Trinajstić information content (AvgIpc) is 2.89. The highest BCUT2D eigenvalue weighted by atomic mass is 16.1. The summed E-state index contributed by atoms with van der Waals surface area (Å²) in [6.07, 6.45) is 10.8. The molecule has 2 aromatic heterocycles. The Morgan fingerprint density at radius 1 is 1.12 bits per heavy atom. The highest BCUT2D eigenvalue weighted by Crippen LogP contribution is 2.20. The van der Waals surface area contributed by atoms with Crippen molar-refractivity contribution in [1.29, 1.82) is 0 Å². The van der Waals surface area contributed by atoms with Crippen LogP contribution in [0.2, 0.25) is 0 Å². The normalized spacial score (nSPS) is 15.4. The van der Waals surface area contributed by atoms with Gasteiger partial charge in [0.05, 0.1) is 0 Å². The Bertz CT molecular complexity index is 696. The molecule has 0 atom stereocenters. The third-order valence-corrected chi connectivity index (χ3v) is 4.48. The van der Waals surface area contributed by atoms with E-state index in [9.17, 15) is 4.79 Å². The molecular weight excluding hydrogens is 314 g/mol. The minimum Gasteiger partial charge on any atom is -0.351 e. The van der Waals surface area contributed by atoms with E-state index < -0.39 is 0 Å². The molecule has 1 aliphatic rings. The number of carbonyl (C=O) groups excluding carboxylic acids is 1. The largest absolute Gasteiger partial charge is 0.351 e. The summed E-state index contributed by atoms with van der Waals surface area (Å²) < 4.78 is 0. The molecule has 0 spiro atoms. The summed E-state index contributed by atoms with van der Waals surface area (Å²) in [5.41, 5.74) is 2.20. The van der Waals surface area contributed by atoms with E-state index in [1.165, 1.54) is 25.7 Å². The third kappa shape index (κ3) is 5.24. The van der Waals surface area contributed by atoms with Crippen molar-refractivity contribution < 1.29 is 4.79 Å². The first-order chi connectivity index (χ1) is 12.2. The second kappa shape index (κ2) is 8.55. The number of hydrogen-bond acceptors (Lipinski definition) is 5. The summed E-state index contributed by atoms with van der Waals surface area (Å²) in [7, 11) is 0. The van der Waals surface area contributed by atoms with Crippen LogP contribution in [0.15, 0.2) is 30.6 Å². The minimum absolute atomic E-state index is 0.189. The maximum Gasteiger partial charge on any atom is 0.270 e. The Morgan fingerprint density at radius 2 is 1.84 bits per heavy atom. The molecule has 1 amide bonds. The van der Waals surface area contributed by atoms with Crippen molar-refractivity contribution >= 4 is 11.9 Å². The highest BCUT2D eigenvalue weighted by molar-refractivity contribution is 5.92. The molecule has 0 saturated heterocycles. The summed E-state index contributed by atoms with van der Waals surface area (Å²) in [6, 6.07) is 5.88. The zero-order chi connectivity index (χ0) is 17.5. The van der Waals surface area contributed by atoms with Gasteiger partial charge >= 0.3 is 0 Å². The standard InChI is InChI=1S/C19H25N5O/c1-14-12-17(18(25)21-13-15-8-10-20-11-9-15)24-19(22-14)23-16-6-4-2-3-5-7-16/h8-12,16H,2-7,13H2,1H3,(H,21,25)(H,22,23,24). The van der Waals surface area contributed by atoms with Crippen molar-refractivity contribution in [2.45, 2.75) is 58.0 Å². The van der Waals surface area contributed by atoms with Crippen LogP contribution in [0.4, 0.5) is 5.95 Å². The number of nitrogens with one attached hydrogen (secondary N) is 2. The van der Waals surface area contributed by atoms with Crippen molar-refractivity contribution in [1.82, 2.24) is 20.3 Å². The van der Waals surface area contributed by atoms with Gasteiger partial charge in [-0.15, -0.1) is 0 Å². The topological polar surface area (TPSA) is 79.8 Å². The van der Waals surface area contributed by atoms with E-state index >= 15 is 0 Å². The first kappa shape index (κ1) is 17.3. The minimum atomic E-state index is -0.189. The molecule has 3 rings (SSSR count). The van der Waals surface area contributed by atoms with Crippen molar-refractivity contribution in [2.24, 2.45) is 0 Å². The molecule has 1 fully saturated rings. The molecule has 6 heteroatoms. The molecule has 6 nitrogen and oxygen atoms in total. The first-order valence-corrected chi connectivity index (χ1v) is 9.00. The fraction of sp³-hybridized carbons (Fsp3) is 0.474. The van der Waals surface area contributed by atoms with E-state index in [2.05, 4.69) is 25.6 Å². The molecule has 2 heterocycles. The molecule has 1 saturated carbocycles. The van der Waals surface area contributed by atoms with Gasteiger partial charge in [-0.2, -0.15) is 0 Å². The van der Waals surface area contributed by atoms with Crippen molar-refractivity contribution in [3.63, 3.8) is 0 Å². The molecule has 25 heavy (non-hydrogen) atoms. The summed E-state index contributed by atoms with van der Waals surface area (Å²) in [5.74, 6) is 0.368. The number of carbonyl (C=O) groups is 1. The van der Waals surface area contributed by atoms with Gasteiger partial charge in [-0.1, -0.05) is 25.7 Å². The third-order valence-electron chi connectivity index (χ3n) is 4.48. The highest BCUT2D eigenvalue weighted by Gasteiger charge is 2.15. The maximum absolute atomic E-state index is 12.4. The molecule has 0 aliphatic heterocycles. The Morgan fingerprint density at radius 3 is 2.56 bits per heavy atom. The predicted octanol–water partition coefficient (Wildman–Crippen LogP) is 3.24. The van der Waals surface area contributed by atoms with Crippen LogP contribution in [-0.4, -0.2) is 26.9 Å². The number of rotatable bonds is 5. The fourth-order valence-electron chi connectivity index (χ4n) is 3.13. The second-order valence-electron chi connectivity index (χ2n) is 6.59. The summed E-state index contributed by atoms with van der Waals surface area (Å²) in [6.45, 7) is 2.34. The van der Waals surface area contributed by atoms with Crippen LogP contribution in [0, 0.1) is 6.92 Å². The number of amides is 1. The molecule has 0 unspecified atom stereocenters. The van der Waals surface area contributed by atoms with Gasteiger partial charge < -0.3 is 10.6 Å². The molecule has 1 aliphatic carbocycles. The van der Waals surface area contributed by atoms with E-state index in [1.54, 1.807) is 18.5 Å². The smallest absolute Gasteiger partial charge is 0.270 e. The molecular formula is C19H25N5O. The van der Waals surface area contributed by atoms with E-state index in [1.807, 2.05) is 19.1 Å². The van der Waals surface area contributed by atoms with Crippen LogP contribution in [0.3, 0.4) is 0 Å². The van der Waals surface area contributed by atoms with Gasteiger partial charge in [0.25, 0.3) is 5.91 Å². The van der Waals surface area contributed by atoms with E-state index in [4.69, 9.17) is 0 Å². The lowest BCUT2D eigenvalue weighted by atomic mass is 10.1.